The highest BCUT2D eigenvalue weighted by Crippen LogP contribution is 2.45. The van der Waals surface area contributed by atoms with Gasteiger partial charge in [0.2, 0.25) is 5.75 Å². The van der Waals surface area contributed by atoms with E-state index in [4.69, 9.17) is 19.2 Å². The molecule has 30 heavy (non-hydrogen) atoms. The Morgan fingerprint density at radius 1 is 1.07 bits per heavy atom. The predicted octanol–water partition coefficient (Wildman–Crippen LogP) is 1.57. The van der Waals surface area contributed by atoms with E-state index in [-0.39, 0.29) is 12.0 Å². The first-order valence-corrected chi connectivity index (χ1v) is 10.7. The summed E-state index contributed by atoms with van der Waals surface area (Å²) in [7, 11) is 4.91. The van der Waals surface area contributed by atoms with Crippen LogP contribution in [0.2, 0.25) is 0 Å². The molecule has 3 rings (SSSR count). The largest absolute Gasteiger partial charge is 0.493 e. The summed E-state index contributed by atoms with van der Waals surface area (Å²) in [5, 5.41) is 13.0. The monoisotopic (exact) mass is 420 g/mol. The maximum absolute atomic E-state index is 9.56. The van der Waals surface area contributed by atoms with E-state index >= 15 is 0 Å². The number of benzene rings is 1. The highest BCUT2D eigenvalue weighted by Gasteiger charge is 2.42. The lowest BCUT2D eigenvalue weighted by molar-refractivity contribution is 0.171. The number of nitrogens with zero attached hydrogens (tertiary/aromatic N) is 3. The van der Waals surface area contributed by atoms with Crippen LogP contribution in [-0.2, 0) is 6.54 Å². The van der Waals surface area contributed by atoms with Gasteiger partial charge in [-0.25, -0.2) is 0 Å². The number of hydrogen-bond acceptors (Lipinski definition) is 6. The van der Waals surface area contributed by atoms with Crippen molar-refractivity contribution in [2.45, 2.75) is 26.3 Å². The van der Waals surface area contributed by atoms with Crippen LogP contribution in [0.1, 0.15) is 25.3 Å². The van der Waals surface area contributed by atoms with Crippen LogP contribution in [0, 0.1) is 5.41 Å². The average Bonchev–Trinajstić information content (AvgIpc) is 3.57. The van der Waals surface area contributed by atoms with Gasteiger partial charge in [-0.2, -0.15) is 0 Å². The lowest BCUT2D eigenvalue weighted by atomic mass is 10.1. The molecule has 168 valence electrons. The van der Waals surface area contributed by atoms with E-state index < -0.39 is 0 Å². The predicted molar refractivity (Wildman–Crippen MR) is 118 cm³/mol. The number of ether oxygens (including phenoxy) is 3. The molecule has 8 nitrogen and oxygen atoms in total. The molecule has 1 aliphatic heterocycles. The molecular weight excluding hydrogens is 384 g/mol. The van der Waals surface area contributed by atoms with Crippen molar-refractivity contribution in [3.63, 3.8) is 0 Å². The molecule has 1 saturated heterocycles. The fourth-order valence-electron chi connectivity index (χ4n) is 3.81. The van der Waals surface area contributed by atoms with Crippen LogP contribution in [0.3, 0.4) is 0 Å². The van der Waals surface area contributed by atoms with E-state index in [1.165, 1.54) is 0 Å². The summed E-state index contributed by atoms with van der Waals surface area (Å²) in [6.45, 7) is 8.44. The normalized spacial score (nSPS) is 18.8. The van der Waals surface area contributed by atoms with Gasteiger partial charge in [0, 0.05) is 44.7 Å². The summed E-state index contributed by atoms with van der Waals surface area (Å²) in [5.41, 5.74) is 1.17. The van der Waals surface area contributed by atoms with Crippen molar-refractivity contribution in [1.82, 2.24) is 15.1 Å². The standard InChI is InChI=1S/C22H36N4O4/c1-5-23-21(24-15-22(16-27)6-7-22)26-10-8-25(9-11-26)14-17-12-18(28-2)20(30-4)19(13-17)29-3/h12-13,27H,5-11,14-16H2,1-4H3,(H,23,24). The highest BCUT2D eigenvalue weighted by atomic mass is 16.5. The molecule has 0 bridgehead atoms. The second-order valence-electron chi connectivity index (χ2n) is 8.13. The molecule has 2 fully saturated rings. The Labute approximate surface area is 179 Å². The molecule has 2 N–H and O–H groups in total. The third-order valence-electron chi connectivity index (χ3n) is 5.99. The van der Waals surface area contributed by atoms with Gasteiger partial charge in [0.1, 0.15) is 0 Å². The highest BCUT2D eigenvalue weighted by molar-refractivity contribution is 5.80. The lowest BCUT2D eigenvalue weighted by Gasteiger charge is -2.36. The van der Waals surface area contributed by atoms with Crippen LogP contribution >= 0.6 is 0 Å². The maximum atomic E-state index is 9.56. The number of methoxy groups -OCH3 is 3. The third kappa shape index (κ3) is 5.29. The molecule has 1 saturated carbocycles. The zero-order chi connectivity index (χ0) is 21.6. The first kappa shape index (κ1) is 22.5. The smallest absolute Gasteiger partial charge is 0.203 e. The first-order chi connectivity index (χ1) is 14.6. The Hall–Kier alpha value is -2.19. The van der Waals surface area contributed by atoms with E-state index in [0.717, 1.165) is 63.6 Å². The molecule has 1 heterocycles. The zero-order valence-corrected chi connectivity index (χ0v) is 18.7. The van der Waals surface area contributed by atoms with Crippen LogP contribution in [0.15, 0.2) is 17.1 Å². The quantitative estimate of drug-likeness (QED) is 0.464. The Kier molecular flexibility index (Phi) is 7.66. The van der Waals surface area contributed by atoms with Crippen LogP contribution in [0.4, 0.5) is 0 Å². The van der Waals surface area contributed by atoms with Crippen LogP contribution in [0.5, 0.6) is 17.2 Å². The van der Waals surface area contributed by atoms with E-state index in [1.807, 2.05) is 12.1 Å². The molecule has 0 amide bonds. The Balaban J connectivity index is 1.60. The Morgan fingerprint density at radius 2 is 1.70 bits per heavy atom. The van der Waals surface area contributed by atoms with Crippen molar-refractivity contribution in [3.8, 4) is 17.2 Å². The molecule has 0 radical (unpaired) electrons. The van der Waals surface area contributed by atoms with Crippen molar-refractivity contribution >= 4 is 5.96 Å². The van der Waals surface area contributed by atoms with E-state index in [9.17, 15) is 5.11 Å². The summed E-state index contributed by atoms with van der Waals surface area (Å²) in [6.07, 6.45) is 2.16. The summed E-state index contributed by atoms with van der Waals surface area (Å²) in [6, 6.07) is 4.03. The van der Waals surface area contributed by atoms with Crippen molar-refractivity contribution in [1.29, 1.82) is 0 Å². The molecule has 0 aromatic heterocycles. The second kappa shape index (κ2) is 10.2. The number of aliphatic hydroxyl groups is 1. The summed E-state index contributed by atoms with van der Waals surface area (Å²) >= 11 is 0. The zero-order valence-electron chi connectivity index (χ0n) is 18.7. The van der Waals surface area contributed by atoms with Gasteiger partial charge in [-0.15, -0.1) is 0 Å². The van der Waals surface area contributed by atoms with E-state index in [0.29, 0.717) is 23.8 Å². The van der Waals surface area contributed by atoms with Gasteiger partial charge in [-0.05, 0) is 37.5 Å². The van der Waals surface area contributed by atoms with Gasteiger partial charge in [0.25, 0.3) is 0 Å². The minimum Gasteiger partial charge on any atom is -0.493 e. The molecular formula is C22H36N4O4. The van der Waals surface area contributed by atoms with Gasteiger partial charge in [-0.1, -0.05) is 0 Å². The van der Waals surface area contributed by atoms with Crippen molar-refractivity contribution in [3.05, 3.63) is 17.7 Å². The van der Waals surface area contributed by atoms with Crippen LogP contribution in [0.25, 0.3) is 0 Å². The second-order valence-corrected chi connectivity index (χ2v) is 8.13. The van der Waals surface area contributed by atoms with Crippen molar-refractivity contribution in [2.75, 3.05) is 67.2 Å². The minimum atomic E-state index is 0.0367. The lowest BCUT2D eigenvalue weighted by Crippen LogP contribution is -2.52. The number of nitrogens with one attached hydrogen (secondary N) is 1. The molecule has 0 unspecified atom stereocenters. The van der Waals surface area contributed by atoms with Gasteiger partial charge < -0.3 is 29.5 Å². The Bertz CT molecular complexity index is 703. The van der Waals surface area contributed by atoms with Crippen molar-refractivity contribution in [2.24, 2.45) is 10.4 Å². The maximum Gasteiger partial charge on any atom is 0.203 e. The first-order valence-electron chi connectivity index (χ1n) is 10.7. The third-order valence-corrected chi connectivity index (χ3v) is 5.99. The van der Waals surface area contributed by atoms with E-state index in [1.54, 1.807) is 21.3 Å². The molecule has 2 aliphatic rings. The number of hydrogen-bond donors (Lipinski definition) is 2. The average molecular weight is 421 g/mol. The number of guanidine groups is 1. The fourth-order valence-corrected chi connectivity index (χ4v) is 3.81. The topological polar surface area (TPSA) is 78.8 Å². The SMILES string of the molecule is CCNC(=NCC1(CO)CC1)N1CCN(Cc2cc(OC)c(OC)c(OC)c2)CC1. The molecule has 0 atom stereocenters. The fraction of sp³-hybridized carbons (Fsp3) is 0.682. The molecule has 0 spiro atoms. The minimum absolute atomic E-state index is 0.0367. The Morgan fingerprint density at radius 3 is 2.17 bits per heavy atom. The summed E-state index contributed by atoms with van der Waals surface area (Å²) in [5.74, 6) is 2.95. The summed E-state index contributed by atoms with van der Waals surface area (Å²) < 4.78 is 16.4. The number of piperazine rings is 1. The molecule has 1 aromatic carbocycles. The van der Waals surface area contributed by atoms with Crippen LogP contribution in [-0.4, -0.2) is 88.1 Å². The van der Waals surface area contributed by atoms with Crippen molar-refractivity contribution < 1.29 is 19.3 Å². The number of rotatable bonds is 9. The number of aliphatic hydroxyl groups excluding tert-OH is 1. The van der Waals surface area contributed by atoms with Gasteiger partial charge in [-0.3, -0.25) is 9.89 Å². The molecule has 1 aliphatic carbocycles. The van der Waals surface area contributed by atoms with Gasteiger partial charge >= 0.3 is 0 Å². The van der Waals surface area contributed by atoms with Crippen LogP contribution < -0.4 is 19.5 Å². The molecule has 1 aromatic rings. The van der Waals surface area contributed by atoms with Gasteiger partial charge in [0.15, 0.2) is 17.5 Å². The summed E-state index contributed by atoms with van der Waals surface area (Å²) in [4.78, 5) is 9.57. The molecule has 8 heteroatoms. The van der Waals surface area contributed by atoms with Gasteiger partial charge in [0.05, 0.1) is 34.5 Å². The van der Waals surface area contributed by atoms with E-state index in [2.05, 4.69) is 22.0 Å². The number of aliphatic imine (C=N–C) groups is 1.